The first-order chi connectivity index (χ1) is 15.8. The van der Waals surface area contributed by atoms with Crippen molar-refractivity contribution in [3.63, 3.8) is 0 Å². The second kappa shape index (κ2) is 8.68. The molecule has 0 saturated heterocycles. The molecule has 0 spiro atoms. The van der Waals surface area contributed by atoms with Gasteiger partial charge in [0.1, 0.15) is 5.75 Å². The summed E-state index contributed by atoms with van der Waals surface area (Å²) in [5.41, 5.74) is 2.29. The number of methoxy groups -OCH3 is 1. The Hall–Kier alpha value is -2.52. The van der Waals surface area contributed by atoms with Crippen LogP contribution in [0.4, 0.5) is 5.69 Å². The molecule has 0 fully saturated rings. The Morgan fingerprint density at radius 2 is 1.91 bits per heavy atom. The summed E-state index contributed by atoms with van der Waals surface area (Å²) in [5.74, 6) is 0.512. The van der Waals surface area contributed by atoms with Crippen LogP contribution < -0.4 is 9.64 Å². The lowest BCUT2D eigenvalue weighted by molar-refractivity contribution is 0.415. The number of anilines is 1. The molecule has 0 amide bonds. The maximum absolute atomic E-state index is 11.3. The van der Waals surface area contributed by atoms with Gasteiger partial charge in [0.05, 0.1) is 23.6 Å². The van der Waals surface area contributed by atoms with E-state index in [-0.39, 0.29) is 5.75 Å². The molecule has 8 heteroatoms. The Labute approximate surface area is 201 Å². The summed E-state index contributed by atoms with van der Waals surface area (Å²) < 4.78 is 38.3. The van der Waals surface area contributed by atoms with E-state index in [2.05, 4.69) is 54.4 Å². The van der Waals surface area contributed by atoms with Crippen LogP contribution in [-0.4, -0.2) is 32.9 Å². The minimum Gasteiger partial charge on any atom is -0.497 e. The van der Waals surface area contributed by atoms with Crippen LogP contribution in [0.25, 0.3) is 26.9 Å². The van der Waals surface area contributed by atoms with Crippen molar-refractivity contribution in [3.05, 3.63) is 70.1 Å². The predicted molar refractivity (Wildman–Crippen MR) is 139 cm³/mol. The summed E-state index contributed by atoms with van der Waals surface area (Å²) in [6, 6.07) is 18.7. The van der Waals surface area contributed by atoms with Gasteiger partial charge in [-0.25, -0.2) is 0 Å². The number of hydrogen-bond donors (Lipinski definition) is 1. The lowest BCUT2D eigenvalue weighted by Gasteiger charge is -2.16. The summed E-state index contributed by atoms with van der Waals surface area (Å²) in [7, 11) is -0.266. The molecular formula is C25H23NO4S3. The summed E-state index contributed by atoms with van der Waals surface area (Å²) in [4.78, 5) is 4.55. The van der Waals surface area contributed by atoms with E-state index in [1.54, 1.807) is 30.2 Å². The molecule has 33 heavy (non-hydrogen) atoms. The second-order valence-corrected chi connectivity index (χ2v) is 11.7. The van der Waals surface area contributed by atoms with Crippen molar-refractivity contribution in [2.75, 3.05) is 24.8 Å². The van der Waals surface area contributed by atoms with Crippen molar-refractivity contribution in [2.45, 2.75) is 17.7 Å². The van der Waals surface area contributed by atoms with Gasteiger partial charge in [0.15, 0.2) is 0 Å². The molecule has 3 aromatic carbocycles. The molecule has 0 atom stereocenters. The van der Waals surface area contributed by atoms with E-state index in [0.29, 0.717) is 12.8 Å². The minimum absolute atomic E-state index is 0.254. The lowest BCUT2D eigenvalue weighted by Crippen LogP contribution is -2.10. The molecule has 0 aliphatic carbocycles. The number of thiophene rings is 1. The minimum atomic E-state index is -3.99. The molecule has 170 valence electrons. The van der Waals surface area contributed by atoms with E-state index < -0.39 is 10.1 Å². The van der Waals surface area contributed by atoms with Crippen molar-refractivity contribution in [2.24, 2.45) is 0 Å². The largest absolute Gasteiger partial charge is 0.497 e. The zero-order valence-corrected chi connectivity index (χ0v) is 20.7. The molecule has 4 aromatic rings. The van der Waals surface area contributed by atoms with E-state index >= 15 is 0 Å². The molecule has 0 bridgehead atoms. The highest BCUT2D eigenvalue weighted by Gasteiger charge is 2.25. The van der Waals surface area contributed by atoms with Gasteiger partial charge in [0.2, 0.25) is 0 Å². The summed E-state index contributed by atoms with van der Waals surface area (Å²) in [5, 5.41) is 4.62. The van der Waals surface area contributed by atoms with Crippen molar-refractivity contribution >= 4 is 65.8 Å². The van der Waals surface area contributed by atoms with Crippen molar-refractivity contribution < 1.29 is 17.7 Å². The highest BCUT2D eigenvalue weighted by molar-refractivity contribution is 8.04. The van der Waals surface area contributed by atoms with Crippen LogP contribution in [0.15, 0.2) is 64.5 Å². The summed E-state index contributed by atoms with van der Waals surface area (Å²) >= 11 is 3.43. The van der Waals surface area contributed by atoms with E-state index in [4.69, 9.17) is 4.74 Å². The van der Waals surface area contributed by atoms with Gasteiger partial charge in [0.25, 0.3) is 10.1 Å². The lowest BCUT2D eigenvalue weighted by atomic mass is 10.1. The number of ether oxygens (including phenoxy) is 1. The molecule has 1 aliphatic heterocycles. The van der Waals surface area contributed by atoms with Crippen LogP contribution in [0.1, 0.15) is 16.9 Å². The molecule has 1 N–H and O–H groups in total. The topological polar surface area (TPSA) is 66.8 Å². The molecule has 5 rings (SSSR count). The first kappa shape index (κ1) is 22.3. The zero-order valence-electron chi connectivity index (χ0n) is 18.2. The molecule has 1 aliphatic rings. The number of thioether (sulfide) groups is 1. The van der Waals surface area contributed by atoms with Crippen LogP contribution in [0.3, 0.4) is 0 Å². The third-order valence-electron chi connectivity index (χ3n) is 5.86. The Kier molecular flexibility index (Phi) is 5.86. The van der Waals surface area contributed by atoms with Crippen LogP contribution in [0.2, 0.25) is 0 Å². The third kappa shape index (κ3) is 4.36. The van der Waals surface area contributed by atoms with Crippen LogP contribution in [0, 0.1) is 0 Å². The summed E-state index contributed by atoms with van der Waals surface area (Å²) in [6.07, 6.45) is 3.10. The smallest absolute Gasteiger partial charge is 0.264 e. The third-order valence-corrected chi connectivity index (χ3v) is 8.97. The number of fused-ring (bicyclic) bond motifs is 4. The SMILES string of the molecule is COc1ccc2sc(C=C3Sc4ccc5ccccc5c4N3C)c(CCCS(=O)(=O)O)c2c1. The standard InChI is InChI=1S/C25H23NO4S3/c1-26-24(32-22-11-9-16-6-3-4-7-18(16)25(22)26)15-23-19(8-5-13-33(27,28)29)20-14-17(30-2)10-12-21(20)31-23/h3-4,6-7,9-12,14-15H,5,8,13H2,1-2H3,(H,27,28,29). The van der Waals surface area contributed by atoms with E-state index in [0.717, 1.165) is 31.3 Å². The molecule has 0 saturated carbocycles. The number of hydrogen-bond acceptors (Lipinski definition) is 6. The maximum Gasteiger partial charge on any atom is 0.264 e. The van der Waals surface area contributed by atoms with Gasteiger partial charge in [-0.15, -0.1) is 11.3 Å². The van der Waals surface area contributed by atoms with E-state index in [9.17, 15) is 13.0 Å². The van der Waals surface area contributed by atoms with E-state index in [1.165, 1.54) is 21.4 Å². The van der Waals surface area contributed by atoms with Gasteiger partial charge in [-0.2, -0.15) is 8.42 Å². The zero-order chi connectivity index (χ0) is 23.2. The molecule has 1 aromatic heterocycles. The first-order valence-corrected chi connectivity index (χ1v) is 13.8. The second-order valence-electron chi connectivity index (χ2n) is 7.97. The van der Waals surface area contributed by atoms with Crippen LogP contribution >= 0.6 is 23.1 Å². The average molecular weight is 498 g/mol. The maximum atomic E-state index is 11.3. The molecule has 5 nitrogen and oxygen atoms in total. The highest BCUT2D eigenvalue weighted by Crippen LogP contribution is 2.50. The van der Waals surface area contributed by atoms with Crippen LogP contribution in [0.5, 0.6) is 5.75 Å². The Balaban J connectivity index is 1.57. The van der Waals surface area contributed by atoms with E-state index in [1.807, 2.05) is 18.2 Å². The van der Waals surface area contributed by atoms with Crippen molar-refractivity contribution in [3.8, 4) is 5.75 Å². The fraction of sp³-hybridized carbons (Fsp3) is 0.200. The number of nitrogens with zero attached hydrogens (tertiary/aromatic N) is 1. The number of aryl methyl sites for hydroxylation is 1. The van der Waals surface area contributed by atoms with Gasteiger partial charge in [-0.05, 0) is 59.5 Å². The fourth-order valence-corrected chi connectivity index (χ4v) is 7.14. The quantitative estimate of drug-likeness (QED) is 0.310. The monoisotopic (exact) mass is 497 g/mol. The number of benzene rings is 3. The van der Waals surface area contributed by atoms with Gasteiger partial charge in [-0.3, -0.25) is 4.55 Å². The van der Waals surface area contributed by atoms with Gasteiger partial charge in [0, 0.05) is 26.9 Å². The van der Waals surface area contributed by atoms with Crippen molar-refractivity contribution in [1.82, 2.24) is 0 Å². The molecule has 0 unspecified atom stereocenters. The number of rotatable bonds is 6. The normalized spacial score (nSPS) is 15.0. The molecule has 2 heterocycles. The average Bonchev–Trinajstić information content (AvgIpc) is 3.30. The summed E-state index contributed by atoms with van der Waals surface area (Å²) in [6.45, 7) is 0. The van der Waals surface area contributed by atoms with Gasteiger partial charge < -0.3 is 9.64 Å². The Morgan fingerprint density at radius 1 is 1.09 bits per heavy atom. The molecule has 0 radical (unpaired) electrons. The highest BCUT2D eigenvalue weighted by atomic mass is 32.2. The van der Waals surface area contributed by atoms with Crippen molar-refractivity contribution in [1.29, 1.82) is 0 Å². The first-order valence-electron chi connectivity index (χ1n) is 10.5. The molecular weight excluding hydrogens is 474 g/mol. The fourth-order valence-electron chi connectivity index (χ4n) is 4.27. The van der Waals surface area contributed by atoms with Gasteiger partial charge >= 0.3 is 0 Å². The van der Waals surface area contributed by atoms with Crippen LogP contribution in [-0.2, 0) is 16.5 Å². The predicted octanol–water partition coefficient (Wildman–Crippen LogP) is 6.42. The Morgan fingerprint density at radius 3 is 2.70 bits per heavy atom. The van der Waals surface area contributed by atoms with Gasteiger partial charge in [-0.1, -0.05) is 42.1 Å². The Bertz CT molecular complexity index is 1510.